The lowest BCUT2D eigenvalue weighted by Gasteiger charge is -1.94. The Bertz CT molecular complexity index is 1090. The number of imidazole rings is 1. The van der Waals surface area contributed by atoms with Gasteiger partial charge in [0, 0.05) is 12.4 Å². The molecule has 0 unspecified atom stereocenters. The van der Waals surface area contributed by atoms with Crippen LogP contribution in [0.3, 0.4) is 0 Å². The molecular formula is C15H11N4O+. The minimum absolute atomic E-state index is 0.440. The number of pyridine rings is 2. The Hall–Kier alpha value is -2.69. The van der Waals surface area contributed by atoms with Crippen LogP contribution in [0.4, 0.5) is 0 Å². The molecule has 0 saturated heterocycles. The van der Waals surface area contributed by atoms with Crippen LogP contribution in [0.1, 0.15) is 9.81 Å². The van der Waals surface area contributed by atoms with Crippen molar-refractivity contribution in [2.75, 3.05) is 0 Å². The lowest BCUT2D eigenvalue weighted by molar-refractivity contribution is -0.652. The molecule has 5 rings (SSSR count). The molecule has 0 fully saturated rings. The Labute approximate surface area is 118 Å². The normalized spacial score (nSPS) is 15.9. The second-order valence-corrected chi connectivity index (χ2v) is 4.85. The fraction of sp³-hybridized carbons (Fsp3) is 0.133. The minimum Gasteiger partial charge on any atom is -0.400 e. The van der Waals surface area contributed by atoms with Crippen molar-refractivity contribution in [3.8, 4) is 11.4 Å². The van der Waals surface area contributed by atoms with Gasteiger partial charge in [0.05, 0.1) is 27.7 Å². The van der Waals surface area contributed by atoms with Gasteiger partial charge in [0.15, 0.2) is 0 Å². The number of furan rings is 1. The zero-order chi connectivity index (χ0) is 15.8. The van der Waals surface area contributed by atoms with Gasteiger partial charge in [-0.3, -0.25) is 4.98 Å². The molecule has 0 spiro atoms. The lowest BCUT2D eigenvalue weighted by atomic mass is 10.2. The van der Waals surface area contributed by atoms with E-state index in [0.717, 1.165) is 11.3 Å². The van der Waals surface area contributed by atoms with Gasteiger partial charge in [-0.05, 0) is 24.3 Å². The zero-order valence-corrected chi connectivity index (χ0v) is 10.4. The summed E-state index contributed by atoms with van der Waals surface area (Å²) in [5, 5.41) is 0.700. The van der Waals surface area contributed by atoms with Gasteiger partial charge in [-0.15, -0.1) is 0 Å². The summed E-state index contributed by atoms with van der Waals surface area (Å²) < 4.78 is 33.1. The maximum absolute atomic E-state index is 8.00. The van der Waals surface area contributed by atoms with E-state index < -0.39 is 6.98 Å². The van der Waals surface area contributed by atoms with Gasteiger partial charge in [0.2, 0.25) is 11.2 Å². The Balaban J connectivity index is 2.01. The van der Waals surface area contributed by atoms with Gasteiger partial charge >= 0.3 is 5.71 Å². The van der Waals surface area contributed by atoms with Crippen molar-refractivity contribution in [2.45, 2.75) is 6.54 Å². The highest BCUT2D eigenvalue weighted by molar-refractivity contribution is 5.99. The number of rotatable bonds is 0. The largest absolute Gasteiger partial charge is 0.400 e. The SMILES string of the molecule is [2H]C([2H])([2H])n1c2[n+](c3oc4ncccc4c31)Cc1ncccc1-2. The van der Waals surface area contributed by atoms with E-state index in [4.69, 9.17) is 8.53 Å². The first-order chi connectivity index (χ1) is 11.1. The van der Waals surface area contributed by atoms with Crippen LogP contribution in [0.5, 0.6) is 0 Å². The van der Waals surface area contributed by atoms with Gasteiger partial charge in [0.1, 0.15) is 6.54 Å². The van der Waals surface area contributed by atoms with Crippen LogP contribution in [0.15, 0.2) is 41.1 Å². The maximum atomic E-state index is 8.00. The van der Waals surface area contributed by atoms with E-state index in [1.165, 1.54) is 4.57 Å². The van der Waals surface area contributed by atoms with Crippen LogP contribution in [0.2, 0.25) is 0 Å². The summed E-state index contributed by atoms with van der Waals surface area (Å²) in [6.45, 7) is -1.84. The van der Waals surface area contributed by atoms with Crippen LogP contribution >= 0.6 is 0 Å². The molecule has 0 saturated carbocycles. The number of hydrogen-bond donors (Lipinski definition) is 0. The average molecular weight is 266 g/mol. The van der Waals surface area contributed by atoms with Crippen molar-refractivity contribution >= 4 is 22.3 Å². The van der Waals surface area contributed by atoms with E-state index in [1.807, 2.05) is 22.8 Å². The van der Waals surface area contributed by atoms with Crippen molar-refractivity contribution in [1.29, 1.82) is 0 Å². The van der Waals surface area contributed by atoms with E-state index in [-0.39, 0.29) is 0 Å². The molecule has 0 amide bonds. The van der Waals surface area contributed by atoms with Gasteiger partial charge in [0.25, 0.3) is 5.82 Å². The second kappa shape index (κ2) is 3.25. The van der Waals surface area contributed by atoms with Crippen molar-refractivity contribution in [3.63, 3.8) is 0 Å². The van der Waals surface area contributed by atoms with E-state index in [0.29, 0.717) is 34.7 Å². The summed E-state index contributed by atoms with van der Waals surface area (Å²) in [6, 6.07) is 7.31. The van der Waals surface area contributed by atoms with E-state index >= 15 is 0 Å². The zero-order valence-electron chi connectivity index (χ0n) is 13.4. The minimum atomic E-state index is -2.33. The van der Waals surface area contributed by atoms with Gasteiger partial charge in [-0.25, -0.2) is 9.55 Å². The maximum Gasteiger partial charge on any atom is 0.341 e. The summed E-state index contributed by atoms with van der Waals surface area (Å²) in [4.78, 5) is 8.55. The number of fused-ring (bicyclic) bond motifs is 7. The van der Waals surface area contributed by atoms with Crippen molar-refractivity contribution in [1.82, 2.24) is 14.5 Å². The summed E-state index contributed by atoms with van der Waals surface area (Å²) >= 11 is 0. The molecule has 96 valence electrons. The van der Waals surface area contributed by atoms with Crippen molar-refractivity contribution in [3.05, 3.63) is 42.4 Å². The molecule has 4 aromatic rings. The van der Waals surface area contributed by atoms with E-state index in [2.05, 4.69) is 9.97 Å². The Morgan fingerprint density at radius 1 is 1.30 bits per heavy atom. The highest BCUT2D eigenvalue weighted by Crippen LogP contribution is 2.33. The summed E-state index contributed by atoms with van der Waals surface area (Å²) in [5.74, 6) is 0.604. The average Bonchev–Trinajstić information content (AvgIpc) is 3.13. The number of aryl methyl sites for hydroxylation is 1. The molecule has 5 nitrogen and oxygen atoms in total. The Morgan fingerprint density at radius 2 is 2.20 bits per heavy atom. The number of nitrogens with zero attached hydrogens (tertiary/aromatic N) is 4. The third-order valence-corrected chi connectivity index (χ3v) is 3.80. The first-order valence-corrected chi connectivity index (χ1v) is 6.32. The molecule has 0 N–H and O–H groups in total. The molecule has 0 atom stereocenters. The Kier molecular flexibility index (Phi) is 1.27. The third-order valence-electron chi connectivity index (χ3n) is 3.80. The van der Waals surface area contributed by atoms with Gasteiger partial charge < -0.3 is 4.42 Å². The smallest absolute Gasteiger partial charge is 0.341 e. The highest BCUT2D eigenvalue weighted by Gasteiger charge is 2.36. The molecule has 4 aromatic heterocycles. The molecular weight excluding hydrogens is 252 g/mol. The first-order valence-electron chi connectivity index (χ1n) is 7.82. The van der Waals surface area contributed by atoms with Crippen molar-refractivity contribution < 1.29 is 13.1 Å². The van der Waals surface area contributed by atoms with Gasteiger partial charge in [-0.2, -0.15) is 4.57 Å². The van der Waals surface area contributed by atoms with E-state index in [1.54, 1.807) is 18.5 Å². The molecule has 20 heavy (non-hydrogen) atoms. The summed E-state index contributed by atoms with van der Waals surface area (Å²) in [7, 11) is 0. The molecule has 0 aromatic carbocycles. The molecule has 0 bridgehead atoms. The monoisotopic (exact) mass is 266 g/mol. The highest BCUT2D eigenvalue weighted by atomic mass is 16.4. The van der Waals surface area contributed by atoms with Crippen LogP contribution in [0.25, 0.3) is 33.7 Å². The number of aromatic nitrogens is 4. The lowest BCUT2D eigenvalue weighted by Crippen LogP contribution is -2.31. The molecule has 0 aliphatic carbocycles. The molecule has 1 aliphatic heterocycles. The predicted molar refractivity (Wildman–Crippen MR) is 73.0 cm³/mol. The summed E-state index contributed by atoms with van der Waals surface area (Å²) in [5.41, 5.74) is 3.18. The van der Waals surface area contributed by atoms with Crippen LogP contribution in [-0.2, 0) is 13.5 Å². The number of hydrogen-bond acceptors (Lipinski definition) is 3. The van der Waals surface area contributed by atoms with E-state index in [9.17, 15) is 0 Å². The fourth-order valence-electron chi connectivity index (χ4n) is 2.96. The van der Waals surface area contributed by atoms with Crippen LogP contribution in [-0.4, -0.2) is 14.5 Å². The Morgan fingerprint density at radius 3 is 3.15 bits per heavy atom. The fourth-order valence-corrected chi connectivity index (χ4v) is 2.96. The van der Waals surface area contributed by atoms with Gasteiger partial charge in [-0.1, -0.05) is 0 Å². The molecule has 5 heterocycles. The van der Waals surface area contributed by atoms with Crippen LogP contribution < -0.4 is 4.57 Å². The molecule has 0 radical (unpaired) electrons. The third kappa shape index (κ3) is 1.02. The predicted octanol–water partition coefficient (Wildman–Crippen LogP) is 2.03. The summed E-state index contributed by atoms with van der Waals surface area (Å²) in [6.07, 6.45) is 3.34. The molecule has 5 heteroatoms. The standard InChI is InChI=1S/C15H11N4O/c1-18-12-10-5-3-7-17-13(10)20-15(12)19-8-11-9(14(18)19)4-2-6-16-11/h2-7H,8H2,1H3/q+1/i1D3. The topological polar surface area (TPSA) is 47.7 Å². The van der Waals surface area contributed by atoms with Crippen molar-refractivity contribution in [2.24, 2.45) is 6.98 Å². The molecule has 1 aliphatic rings. The first kappa shape index (κ1) is 7.79. The second-order valence-electron chi connectivity index (χ2n) is 4.85. The quantitative estimate of drug-likeness (QED) is 0.403. The van der Waals surface area contributed by atoms with Crippen LogP contribution in [0, 0.1) is 0 Å².